The van der Waals surface area contributed by atoms with Crippen molar-refractivity contribution in [3.63, 3.8) is 0 Å². The van der Waals surface area contributed by atoms with Crippen LogP contribution in [0.3, 0.4) is 0 Å². The van der Waals surface area contributed by atoms with Crippen molar-refractivity contribution in [3.8, 4) is 0 Å². The van der Waals surface area contributed by atoms with E-state index in [9.17, 15) is 8.42 Å². The molecule has 1 aromatic rings. The molecule has 2 aliphatic rings. The summed E-state index contributed by atoms with van der Waals surface area (Å²) in [6.45, 7) is 2.92. The average molecular weight is 295 g/mol. The highest BCUT2D eigenvalue weighted by Crippen LogP contribution is 2.28. The molecular weight excluding hydrogens is 274 g/mol. The molecule has 6 heteroatoms. The summed E-state index contributed by atoms with van der Waals surface area (Å²) in [6.07, 6.45) is 2.54. The number of benzene rings is 1. The van der Waals surface area contributed by atoms with Crippen LogP contribution in [-0.4, -0.2) is 49.8 Å². The average Bonchev–Trinajstić information content (AvgIpc) is 3.26. The highest BCUT2D eigenvalue weighted by atomic mass is 32.2. The molecule has 2 fully saturated rings. The van der Waals surface area contributed by atoms with Crippen LogP contribution in [-0.2, 0) is 15.8 Å². The monoisotopic (exact) mass is 295 g/mol. The Hall–Kier alpha value is -1.11. The fourth-order valence-electron chi connectivity index (χ4n) is 2.74. The van der Waals surface area contributed by atoms with Gasteiger partial charge in [-0.15, -0.1) is 0 Å². The Bertz CT molecular complexity index is 576. The number of rotatable bonds is 4. The molecule has 1 aromatic carbocycles. The summed E-state index contributed by atoms with van der Waals surface area (Å²) in [5.41, 5.74) is 7.08. The summed E-state index contributed by atoms with van der Waals surface area (Å²) in [5.74, 6) is 0.00308. The second-order valence-electron chi connectivity index (χ2n) is 5.62. The van der Waals surface area contributed by atoms with Crippen molar-refractivity contribution < 1.29 is 8.42 Å². The smallest absolute Gasteiger partial charge is 0.218 e. The van der Waals surface area contributed by atoms with Gasteiger partial charge in [-0.1, -0.05) is 18.2 Å². The minimum atomic E-state index is -3.26. The van der Waals surface area contributed by atoms with E-state index in [2.05, 4.69) is 4.90 Å². The Morgan fingerprint density at radius 2 is 1.75 bits per heavy atom. The first-order chi connectivity index (χ1) is 9.56. The topological polar surface area (TPSA) is 66.6 Å². The maximum atomic E-state index is 12.5. The van der Waals surface area contributed by atoms with Crippen LogP contribution in [0.1, 0.15) is 18.4 Å². The van der Waals surface area contributed by atoms with Crippen LogP contribution in [0.5, 0.6) is 0 Å². The fraction of sp³-hybridized carbons (Fsp3) is 0.571. The first kappa shape index (κ1) is 13.9. The number of para-hydroxylation sites is 1. The van der Waals surface area contributed by atoms with Gasteiger partial charge >= 0.3 is 0 Å². The zero-order chi connectivity index (χ0) is 14.2. The molecule has 0 spiro atoms. The number of nitrogen functional groups attached to an aromatic ring is 1. The van der Waals surface area contributed by atoms with Crippen molar-refractivity contribution in [2.45, 2.75) is 24.6 Å². The third-order valence-corrected chi connectivity index (χ3v) is 5.95. The number of nitrogens with two attached hydrogens (primary N) is 1. The first-order valence-electron chi connectivity index (χ1n) is 7.11. The summed E-state index contributed by atoms with van der Waals surface area (Å²) >= 11 is 0. The molecule has 0 atom stereocenters. The van der Waals surface area contributed by atoms with Gasteiger partial charge in [-0.05, 0) is 24.5 Å². The van der Waals surface area contributed by atoms with Crippen LogP contribution in [0.4, 0.5) is 5.69 Å². The van der Waals surface area contributed by atoms with E-state index >= 15 is 0 Å². The Labute approximate surface area is 120 Å². The predicted octanol–water partition coefficient (Wildman–Crippen LogP) is 0.879. The van der Waals surface area contributed by atoms with Crippen LogP contribution in [0.15, 0.2) is 24.3 Å². The SMILES string of the molecule is Nc1ccccc1CS(=O)(=O)N1CCN(C2CC2)CC1. The molecule has 20 heavy (non-hydrogen) atoms. The summed E-state index contributed by atoms with van der Waals surface area (Å²) in [5, 5.41) is 0. The number of sulfonamides is 1. The molecule has 0 radical (unpaired) electrons. The molecule has 1 aliphatic carbocycles. The quantitative estimate of drug-likeness (QED) is 0.837. The highest BCUT2D eigenvalue weighted by Gasteiger charge is 2.34. The molecule has 110 valence electrons. The van der Waals surface area contributed by atoms with E-state index in [1.54, 1.807) is 16.4 Å². The Balaban J connectivity index is 1.65. The van der Waals surface area contributed by atoms with Gasteiger partial charge < -0.3 is 5.73 Å². The van der Waals surface area contributed by atoms with Gasteiger partial charge in [0.15, 0.2) is 0 Å². The van der Waals surface area contributed by atoms with Crippen molar-refractivity contribution >= 4 is 15.7 Å². The number of piperazine rings is 1. The van der Waals surface area contributed by atoms with Crippen molar-refractivity contribution in [1.82, 2.24) is 9.21 Å². The van der Waals surface area contributed by atoms with E-state index in [-0.39, 0.29) is 5.75 Å². The van der Waals surface area contributed by atoms with Crippen molar-refractivity contribution in [3.05, 3.63) is 29.8 Å². The summed E-state index contributed by atoms with van der Waals surface area (Å²) in [4.78, 5) is 2.41. The zero-order valence-electron chi connectivity index (χ0n) is 11.5. The van der Waals surface area contributed by atoms with Gasteiger partial charge in [-0.2, -0.15) is 4.31 Å². The van der Waals surface area contributed by atoms with Crippen molar-refractivity contribution in [2.24, 2.45) is 0 Å². The van der Waals surface area contributed by atoms with Crippen molar-refractivity contribution in [1.29, 1.82) is 0 Å². The third-order valence-electron chi connectivity index (χ3n) is 4.12. The maximum Gasteiger partial charge on any atom is 0.218 e. The molecule has 1 saturated heterocycles. The first-order valence-corrected chi connectivity index (χ1v) is 8.72. The lowest BCUT2D eigenvalue weighted by Gasteiger charge is -2.34. The van der Waals surface area contributed by atoms with Gasteiger partial charge in [0.25, 0.3) is 0 Å². The largest absolute Gasteiger partial charge is 0.398 e. The zero-order valence-corrected chi connectivity index (χ0v) is 12.3. The minimum Gasteiger partial charge on any atom is -0.398 e. The van der Waals surface area contributed by atoms with Crippen LogP contribution in [0.2, 0.25) is 0 Å². The van der Waals surface area contributed by atoms with E-state index in [0.717, 1.165) is 13.1 Å². The fourth-order valence-corrected chi connectivity index (χ4v) is 4.30. The van der Waals surface area contributed by atoms with Gasteiger partial charge in [-0.3, -0.25) is 4.90 Å². The Morgan fingerprint density at radius 3 is 2.35 bits per heavy atom. The normalized spacial score (nSPS) is 22.0. The van der Waals surface area contributed by atoms with Crippen LogP contribution < -0.4 is 5.73 Å². The standard InChI is InChI=1S/C14H21N3O2S/c15-14-4-2-1-3-12(14)11-20(18,19)17-9-7-16(8-10-17)13-5-6-13/h1-4,13H,5-11,15H2. The second-order valence-corrected chi connectivity index (χ2v) is 7.59. The molecule has 0 unspecified atom stereocenters. The number of nitrogens with zero attached hydrogens (tertiary/aromatic N) is 2. The molecule has 1 saturated carbocycles. The Morgan fingerprint density at radius 1 is 1.10 bits per heavy atom. The molecule has 1 heterocycles. The molecule has 2 N–H and O–H groups in total. The van der Waals surface area contributed by atoms with E-state index in [0.29, 0.717) is 30.4 Å². The van der Waals surface area contributed by atoms with E-state index in [1.165, 1.54) is 12.8 Å². The molecule has 0 aromatic heterocycles. The Kier molecular flexibility index (Phi) is 3.70. The second kappa shape index (κ2) is 5.35. The molecule has 3 rings (SSSR count). The lowest BCUT2D eigenvalue weighted by molar-refractivity contribution is 0.180. The third kappa shape index (κ3) is 2.97. The predicted molar refractivity (Wildman–Crippen MR) is 79.6 cm³/mol. The maximum absolute atomic E-state index is 12.5. The lowest BCUT2D eigenvalue weighted by atomic mass is 10.2. The highest BCUT2D eigenvalue weighted by molar-refractivity contribution is 7.88. The summed E-state index contributed by atoms with van der Waals surface area (Å²) in [6, 6.07) is 7.89. The van der Waals surface area contributed by atoms with E-state index in [1.807, 2.05) is 12.1 Å². The van der Waals surface area contributed by atoms with Gasteiger partial charge in [0.1, 0.15) is 0 Å². The number of hydrogen-bond donors (Lipinski definition) is 1. The molecule has 0 bridgehead atoms. The molecule has 5 nitrogen and oxygen atoms in total. The van der Waals surface area contributed by atoms with Gasteiger partial charge in [-0.25, -0.2) is 8.42 Å². The molecule has 0 amide bonds. The lowest BCUT2D eigenvalue weighted by Crippen LogP contribution is -2.49. The van der Waals surface area contributed by atoms with Crippen molar-refractivity contribution in [2.75, 3.05) is 31.9 Å². The number of anilines is 1. The van der Waals surface area contributed by atoms with Crippen LogP contribution in [0.25, 0.3) is 0 Å². The van der Waals surface area contributed by atoms with Crippen LogP contribution >= 0.6 is 0 Å². The summed E-state index contributed by atoms with van der Waals surface area (Å²) < 4.78 is 26.5. The van der Waals surface area contributed by atoms with E-state index < -0.39 is 10.0 Å². The van der Waals surface area contributed by atoms with Crippen LogP contribution in [0, 0.1) is 0 Å². The van der Waals surface area contributed by atoms with E-state index in [4.69, 9.17) is 5.73 Å². The molecular formula is C14H21N3O2S. The molecule has 1 aliphatic heterocycles. The number of hydrogen-bond acceptors (Lipinski definition) is 4. The van der Waals surface area contributed by atoms with Gasteiger partial charge in [0.05, 0.1) is 5.75 Å². The van der Waals surface area contributed by atoms with Gasteiger partial charge in [0.2, 0.25) is 10.0 Å². The minimum absolute atomic E-state index is 0.00308. The summed E-state index contributed by atoms with van der Waals surface area (Å²) in [7, 11) is -3.26. The van der Waals surface area contributed by atoms with Gasteiger partial charge in [0, 0.05) is 37.9 Å².